The standard InChI is InChI=1S/C29H32ClNO3/c1-3-4-18-33-26-19-24(25-16-11-17-31(25)20-22-12-7-5-8-13-22)28(30)21(2)27(26)29(32)34-23-14-9-6-10-15-23/h5-10,12-15,19,25H,3-4,11,16-18,20H2,1-2H3. The van der Waals surface area contributed by atoms with E-state index < -0.39 is 5.97 Å². The number of ether oxygens (including phenoxy) is 2. The first kappa shape index (κ1) is 24.3. The van der Waals surface area contributed by atoms with Gasteiger partial charge in [-0.1, -0.05) is 73.5 Å². The van der Waals surface area contributed by atoms with Gasteiger partial charge in [-0.15, -0.1) is 0 Å². The molecule has 3 aromatic carbocycles. The van der Waals surface area contributed by atoms with Gasteiger partial charge in [-0.05, 0) is 67.6 Å². The van der Waals surface area contributed by atoms with Gasteiger partial charge in [0.1, 0.15) is 17.1 Å². The number of nitrogens with zero attached hydrogens (tertiary/aromatic N) is 1. The topological polar surface area (TPSA) is 38.8 Å². The van der Waals surface area contributed by atoms with Crippen molar-refractivity contribution in [3.05, 3.63) is 94.0 Å². The highest BCUT2D eigenvalue weighted by atomic mass is 35.5. The highest BCUT2D eigenvalue weighted by molar-refractivity contribution is 6.32. The van der Waals surface area contributed by atoms with E-state index in [1.165, 1.54) is 5.56 Å². The molecule has 4 rings (SSSR count). The Bertz CT molecular complexity index is 1100. The molecule has 0 N–H and O–H groups in total. The van der Waals surface area contributed by atoms with Gasteiger partial charge in [0.2, 0.25) is 0 Å². The Balaban J connectivity index is 1.67. The van der Waals surface area contributed by atoms with Crippen molar-refractivity contribution in [3.63, 3.8) is 0 Å². The molecule has 0 aliphatic carbocycles. The minimum absolute atomic E-state index is 0.180. The second-order valence-electron chi connectivity index (χ2n) is 8.80. The van der Waals surface area contributed by atoms with Crippen molar-refractivity contribution in [1.82, 2.24) is 4.90 Å². The number of hydrogen-bond donors (Lipinski definition) is 0. The van der Waals surface area contributed by atoms with Gasteiger partial charge >= 0.3 is 5.97 Å². The lowest BCUT2D eigenvalue weighted by molar-refractivity contribution is 0.0729. The minimum Gasteiger partial charge on any atom is -0.493 e. The van der Waals surface area contributed by atoms with Gasteiger partial charge in [-0.2, -0.15) is 0 Å². The Morgan fingerprint density at radius 2 is 1.79 bits per heavy atom. The summed E-state index contributed by atoms with van der Waals surface area (Å²) in [5.74, 6) is 0.602. The van der Waals surface area contributed by atoms with Gasteiger partial charge < -0.3 is 9.47 Å². The lowest BCUT2D eigenvalue weighted by Crippen LogP contribution is -2.24. The number of carbonyl (C=O) groups excluding carboxylic acids is 1. The number of likely N-dealkylation sites (tertiary alicyclic amines) is 1. The predicted molar refractivity (Wildman–Crippen MR) is 137 cm³/mol. The summed E-state index contributed by atoms with van der Waals surface area (Å²) >= 11 is 6.94. The molecule has 0 saturated carbocycles. The van der Waals surface area contributed by atoms with E-state index in [0.717, 1.165) is 44.3 Å². The molecule has 5 heteroatoms. The average molecular weight is 478 g/mol. The Labute approximate surface area is 207 Å². The second-order valence-corrected chi connectivity index (χ2v) is 9.17. The zero-order valence-corrected chi connectivity index (χ0v) is 20.7. The van der Waals surface area contributed by atoms with Gasteiger partial charge in [0.05, 0.1) is 6.61 Å². The zero-order valence-electron chi connectivity index (χ0n) is 19.9. The fraction of sp³-hybridized carbons (Fsp3) is 0.345. The molecule has 0 radical (unpaired) electrons. The SMILES string of the molecule is CCCCOc1cc(C2CCCN2Cc2ccccc2)c(Cl)c(C)c1C(=O)Oc1ccccc1. The van der Waals surface area contributed by atoms with E-state index in [1.807, 2.05) is 37.3 Å². The van der Waals surface area contributed by atoms with Crippen LogP contribution in [0.15, 0.2) is 66.7 Å². The van der Waals surface area contributed by atoms with Crippen LogP contribution in [0.25, 0.3) is 0 Å². The third-order valence-electron chi connectivity index (χ3n) is 6.36. The summed E-state index contributed by atoms with van der Waals surface area (Å²) in [5.41, 5.74) is 3.42. The molecule has 1 heterocycles. The van der Waals surface area contributed by atoms with Crippen LogP contribution < -0.4 is 9.47 Å². The van der Waals surface area contributed by atoms with Crippen molar-refractivity contribution in [2.45, 2.75) is 52.1 Å². The number of unbranched alkanes of at least 4 members (excludes halogenated alkanes) is 1. The Morgan fingerprint density at radius 1 is 1.09 bits per heavy atom. The molecule has 1 aliphatic heterocycles. The molecule has 1 unspecified atom stereocenters. The van der Waals surface area contributed by atoms with Crippen molar-refractivity contribution in [2.75, 3.05) is 13.2 Å². The van der Waals surface area contributed by atoms with Crippen LogP contribution in [0.5, 0.6) is 11.5 Å². The molecule has 1 atom stereocenters. The summed E-state index contributed by atoms with van der Waals surface area (Å²) in [6.45, 7) is 6.42. The number of carbonyl (C=O) groups is 1. The van der Waals surface area contributed by atoms with E-state index in [4.69, 9.17) is 21.1 Å². The number of hydrogen-bond acceptors (Lipinski definition) is 4. The summed E-state index contributed by atoms with van der Waals surface area (Å²) in [6.07, 6.45) is 4.05. The summed E-state index contributed by atoms with van der Waals surface area (Å²) < 4.78 is 11.8. The van der Waals surface area contributed by atoms with E-state index in [2.05, 4.69) is 36.1 Å². The zero-order chi connectivity index (χ0) is 23.9. The van der Waals surface area contributed by atoms with Crippen molar-refractivity contribution in [2.24, 2.45) is 0 Å². The van der Waals surface area contributed by atoms with Crippen molar-refractivity contribution < 1.29 is 14.3 Å². The van der Waals surface area contributed by atoms with Crippen LogP contribution in [-0.4, -0.2) is 24.0 Å². The fourth-order valence-electron chi connectivity index (χ4n) is 4.56. The Kier molecular flexibility index (Phi) is 8.25. The maximum absolute atomic E-state index is 13.2. The maximum Gasteiger partial charge on any atom is 0.347 e. The molecule has 0 bridgehead atoms. The molecule has 178 valence electrons. The second kappa shape index (κ2) is 11.5. The van der Waals surface area contributed by atoms with Crippen LogP contribution in [0, 0.1) is 6.92 Å². The molecule has 0 aromatic heterocycles. The summed E-state index contributed by atoms with van der Waals surface area (Å²) in [4.78, 5) is 15.7. The lowest BCUT2D eigenvalue weighted by atomic mass is 9.97. The molecule has 0 spiro atoms. The van der Waals surface area contributed by atoms with Crippen molar-refractivity contribution in [1.29, 1.82) is 0 Å². The van der Waals surface area contributed by atoms with Crippen LogP contribution in [0.3, 0.4) is 0 Å². The maximum atomic E-state index is 13.2. The van der Waals surface area contributed by atoms with Crippen molar-refractivity contribution >= 4 is 17.6 Å². The number of benzene rings is 3. The Morgan fingerprint density at radius 3 is 2.50 bits per heavy atom. The molecule has 1 saturated heterocycles. The molecule has 3 aromatic rings. The lowest BCUT2D eigenvalue weighted by Gasteiger charge is -2.27. The van der Waals surface area contributed by atoms with E-state index in [-0.39, 0.29) is 6.04 Å². The number of para-hydroxylation sites is 1. The first-order chi connectivity index (χ1) is 16.6. The van der Waals surface area contributed by atoms with Crippen LogP contribution in [0.4, 0.5) is 0 Å². The van der Waals surface area contributed by atoms with Crippen LogP contribution >= 0.6 is 11.6 Å². The highest BCUT2D eigenvalue weighted by Gasteiger charge is 2.31. The molecule has 4 nitrogen and oxygen atoms in total. The molecule has 34 heavy (non-hydrogen) atoms. The monoisotopic (exact) mass is 477 g/mol. The minimum atomic E-state index is -0.448. The number of rotatable bonds is 9. The molecule has 1 fully saturated rings. The number of halogens is 1. The van der Waals surface area contributed by atoms with E-state index in [1.54, 1.807) is 12.1 Å². The Hall–Kier alpha value is -2.82. The van der Waals surface area contributed by atoms with Gasteiger partial charge in [-0.25, -0.2) is 4.79 Å². The third-order valence-corrected chi connectivity index (χ3v) is 6.86. The largest absolute Gasteiger partial charge is 0.493 e. The van der Waals surface area contributed by atoms with E-state index >= 15 is 0 Å². The van der Waals surface area contributed by atoms with E-state index in [9.17, 15) is 4.79 Å². The van der Waals surface area contributed by atoms with Crippen LogP contribution in [0.2, 0.25) is 5.02 Å². The van der Waals surface area contributed by atoms with Gasteiger partial charge in [0.25, 0.3) is 0 Å². The van der Waals surface area contributed by atoms with Gasteiger partial charge in [0.15, 0.2) is 0 Å². The molecular formula is C29H32ClNO3. The van der Waals surface area contributed by atoms with Gasteiger partial charge in [0, 0.05) is 17.6 Å². The number of esters is 1. The van der Waals surface area contributed by atoms with Crippen LogP contribution in [0.1, 0.15) is 65.7 Å². The van der Waals surface area contributed by atoms with Crippen LogP contribution in [-0.2, 0) is 6.54 Å². The fourth-order valence-corrected chi connectivity index (χ4v) is 4.83. The first-order valence-corrected chi connectivity index (χ1v) is 12.5. The van der Waals surface area contributed by atoms with E-state index in [0.29, 0.717) is 34.3 Å². The molecular weight excluding hydrogens is 446 g/mol. The molecule has 0 amide bonds. The first-order valence-electron chi connectivity index (χ1n) is 12.1. The normalized spacial score (nSPS) is 15.9. The molecule has 1 aliphatic rings. The van der Waals surface area contributed by atoms with Gasteiger partial charge in [-0.3, -0.25) is 4.90 Å². The summed E-state index contributed by atoms with van der Waals surface area (Å²) in [7, 11) is 0. The highest BCUT2D eigenvalue weighted by Crippen LogP contribution is 2.42. The van der Waals surface area contributed by atoms with Crippen molar-refractivity contribution in [3.8, 4) is 11.5 Å². The summed E-state index contributed by atoms with van der Waals surface area (Å²) in [6, 6.07) is 21.7. The summed E-state index contributed by atoms with van der Waals surface area (Å²) in [5, 5.41) is 0.618. The third kappa shape index (κ3) is 5.63. The average Bonchev–Trinajstić information content (AvgIpc) is 3.30. The quantitative estimate of drug-likeness (QED) is 0.183. The predicted octanol–water partition coefficient (Wildman–Crippen LogP) is 7.38. The smallest absolute Gasteiger partial charge is 0.347 e.